The average Bonchev–Trinajstić information content (AvgIpc) is 2.23. The summed E-state index contributed by atoms with van der Waals surface area (Å²) in [6.07, 6.45) is 1.44. The molecule has 0 amide bonds. The Morgan fingerprint density at radius 1 is 0.923 bits per heavy atom. The molecule has 1 aliphatic heterocycles. The first-order valence-electron chi connectivity index (χ1n) is 3.92. The van der Waals surface area contributed by atoms with E-state index in [4.69, 9.17) is 0 Å². The SMILES string of the molecule is C.C.C.C.CC.CC1CCSC1C. The Hall–Kier alpha value is 0.350. The highest BCUT2D eigenvalue weighted by molar-refractivity contribution is 8.00. The minimum atomic E-state index is 0. The smallest absolute Gasteiger partial charge is 0.00446 e. The van der Waals surface area contributed by atoms with Crippen LogP contribution in [0.2, 0.25) is 0 Å². The number of rotatable bonds is 0. The van der Waals surface area contributed by atoms with Crippen LogP contribution in [-0.2, 0) is 0 Å². The topological polar surface area (TPSA) is 0 Å². The van der Waals surface area contributed by atoms with Crippen molar-refractivity contribution in [2.45, 2.75) is 69.1 Å². The van der Waals surface area contributed by atoms with Gasteiger partial charge in [0, 0.05) is 5.25 Å². The van der Waals surface area contributed by atoms with Crippen molar-refractivity contribution in [3.63, 3.8) is 0 Å². The molecule has 0 aromatic carbocycles. The molecule has 0 aliphatic carbocycles. The fraction of sp³-hybridized carbons (Fsp3) is 1.00. The highest BCUT2D eigenvalue weighted by atomic mass is 32.2. The van der Waals surface area contributed by atoms with Crippen molar-refractivity contribution in [1.29, 1.82) is 0 Å². The van der Waals surface area contributed by atoms with Crippen LogP contribution in [0.25, 0.3) is 0 Å². The Labute approximate surface area is 92.9 Å². The molecule has 0 aromatic heterocycles. The lowest BCUT2D eigenvalue weighted by molar-refractivity contribution is 0.590. The molecule has 13 heavy (non-hydrogen) atoms. The third kappa shape index (κ3) is 12.4. The third-order valence-corrected chi connectivity index (χ3v) is 3.22. The normalized spacial score (nSPS) is 23.1. The van der Waals surface area contributed by atoms with Crippen LogP contribution < -0.4 is 0 Å². The molecule has 0 spiro atoms. The molecule has 0 radical (unpaired) electrons. The fourth-order valence-electron chi connectivity index (χ4n) is 0.839. The lowest BCUT2D eigenvalue weighted by Crippen LogP contribution is -2.00. The second-order valence-corrected chi connectivity index (χ2v) is 3.83. The lowest BCUT2D eigenvalue weighted by atomic mass is 10.1. The van der Waals surface area contributed by atoms with Crippen molar-refractivity contribution in [2.24, 2.45) is 5.92 Å². The van der Waals surface area contributed by atoms with Crippen molar-refractivity contribution >= 4 is 11.8 Å². The summed E-state index contributed by atoms with van der Waals surface area (Å²) in [5.74, 6) is 2.37. The van der Waals surface area contributed by atoms with Gasteiger partial charge in [0.05, 0.1) is 0 Å². The number of thioether (sulfide) groups is 1. The molecule has 2 unspecified atom stereocenters. The van der Waals surface area contributed by atoms with E-state index in [0.717, 1.165) is 11.2 Å². The van der Waals surface area contributed by atoms with Gasteiger partial charge in [0.2, 0.25) is 0 Å². The van der Waals surface area contributed by atoms with E-state index in [-0.39, 0.29) is 29.7 Å². The van der Waals surface area contributed by atoms with Crippen molar-refractivity contribution in [3.05, 3.63) is 0 Å². The van der Waals surface area contributed by atoms with E-state index in [9.17, 15) is 0 Å². The lowest BCUT2D eigenvalue weighted by Gasteiger charge is -2.04. The van der Waals surface area contributed by atoms with Gasteiger partial charge in [0.15, 0.2) is 0 Å². The van der Waals surface area contributed by atoms with E-state index in [1.54, 1.807) is 0 Å². The average molecular weight is 210 g/mol. The molecule has 0 N–H and O–H groups in total. The van der Waals surface area contributed by atoms with Gasteiger partial charge in [0.25, 0.3) is 0 Å². The maximum Gasteiger partial charge on any atom is 0.00446 e. The fourth-order valence-corrected chi connectivity index (χ4v) is 2.18. The van der Waals surface area contributed by atoms with Crippen LogP contribution in [0, 0.1) is 5.92 Å². The molecule has 1 aliphatic rings. The molecular weight excluding hydrogens is 176 g/mol. The van der Waals surface area contributed by atoms with Gasteiger partial charge in [-0.25, -0.2) is 0 Å². The zero-order valence-corrected chi connectivity index (χ0v) is 7.79. The minimum absolute atomic E-state index is 0. The Morgan fingerprint density at radius 3 is 1.38 bits per heavy atom. The molecule has 1 heteroatoms. The van der Waals surface area contributed by atoms with Crippen LogP contribution in [0.5, 0.6) is 0 Å². The van der Waals surface area contributed by atoms with Crippen LogP contribution in [0.15, 0.2) is 0 Å². The summed E-state index contributed by atoms with van der Waals surface area (Å²) in [5, 5.41) is 0.931. The molecule has 1 fully saturated rings. The van der Waals surface area contributed by atoms with Crippen LogP contribution in [-0.4, -0.2) is 11.0 Å². The summed E-state index contributed by atoms with van der Waals surface area (Å²) < 4.78 is 0. The molecule has 88 valence electrons. The summed E-state index contributed by atoms with van der Waals surface area (Å²) in [6, 6.07) is 0. The van der Waals surface area contributed by atoms with Gasteiger partial charge in [-0.1, -0.05) is 57.4 Å². The predicted octanol–water partition coefficient (Wildman–Crippen LogP) is 5.72. The summed E-state index contributed by atoms with van der Waals surface area (Å²) in [4.78, 5) is 0. The second-order valence-electron chi connectivity index (χ2n) is 2.34. The Kier molecular flexibility index (Phi) is 40.9. The highest BCUT2D eigenvalue weighted by Crippen LogP contribution is 2.30. The first kappa shape index (κ1) is 29.2. The first-order chi connectivity index (χ1) is 4.30. The van der Waals surface area contributed by atoms with Crippen molar-refractivity contribution in [2.75, 3.05) is 5.75 Å². The van der Waals surface area contributed by atoms with Crippen LogP contribution in [0.3, 0.4) is 0 Å². The van der Waals surface area contributed by atoms with E-state index in [1.807, 2.05) is 13.8 Å². The summed E-state index contributed by atoms with van der Waals surface area (Å²) in [5.41, 5.74) is 0. The van der Waals surface area contributed by atoms with Crippen LogP contribution >= 0.6 is 11.8 Å². The number of hydrogen-bond acceptors (Lipinski definition) is 1. The van der Waals surface area contributed by atoms with Gasteiger partial charge in [0.1, 0.15) is 0 Å². The van der Waals surface area contributed by atoms with Gasteiger partial charge in [-0.15, -0.1) is 0 Å². The summed E-state index contributed by atoms with van der Waals surface area (Å²) in [6.45, 7) is 8.66. The molecule has 2 atom stereocenters. The quantitative estimate of drug-likeness (QED) is 0.493. The first-order valence-corrected chi connectivity index (χ1v) is 4.97. The van der Waals surface area contributed by atoms with Crippen LogP contribution in [0.1, 0.15) is 63.8 Å². The van der Waals surface area contributed by atoms with Crippen molar-refractivity contribution in [3.8, 4) is 0 Å². The zero-order chi connectivity index (χ0) is 7.28. The molecule has 0 nitrogen and oxygen atoms in total. The molecule has 0 saturated carbocycles. The zero-order valence-electron chi connectivity index (χ0n) is 6.98. The van der Waals surface area contributed by atoms with Gasteiger partial charge in [-0.2, -0.15) is 11.8 Å². The summed E-state index contributed by atoms with van der Waals surface area (Å²) in [7, 11) is 0. The largest absolute Gasteiger partial charge is 0.159 e. The minimum Gasteiger partial charge on any atom is -0.159 e. The predicted molar refractivity (Wildman–Crippen MR) is 74.0 cm³/mol. The molecule has 1 saturated heterocycles. The van der Waals surface area contributed by atoms with E-state index in [2.05, 4.69) is 25.6 Å². The van der Waals surface area contributed by atoms with E-state index in [1.165, 1.54) is 12.2 Å². The molecular formula is C12H34S. The summed E-state index contributed by atoms with van der Waals surface area (Å²) >= 11 is 2.11. The standard InChI is InChI=1S/C6H12S.C2H6.4CH4/c1-5-3-4-7-6(5)2;1-2;;;;/h5-6H,3-4H2,1-2H3;1-2H3;4*1H4. The third-order valence-electron chi connectivity index (χ3n) is 1.76. The Morgan fingerprint density at radius 2 is 1.31 bits per heavy atom. The molecule has 1 heterocycles. The molecule has 0 bridgehead atoms. The van der Waals surface area contributed by atoms with E-state index >= 15 is 0 Å². The van der Waals surface area contributed by atoms with Gasteiger partial charge < -0.3 is 0 Å². The highest BCUT2D eigenvalue weighted by Gasteiger charge is 2.18. The van der Waals surface area contributed by atoms with Crippen LogP contribution in [0.4, 0.5) is 0 Å². The van der Waals surface area contributed by atoms with Crippen molar-refractivity contribution in [1.82, 2.24) is 0 Å². The van der Waals surface area contributed by atoms with Crippen molar-refractivity contribution < 1.29 is 0 Å². The van der Waals surface area contributed by atoms with Gasteiger partial charge in [-0.3, -0.25) is 0 Å². The Bertz CT molecular complexity index is 54.1. The maximum absolute atomic E-state index is 2.34. The van der Waals surface area contributed by atoms with Gasteiger partial charge in [-0.05, 0) is 18.1 Å². The second kappa shape index (κ2) is 18.2. The maximum atomic E-state index is 2.34. The number of hydrogen-bond donors (Lipinski definition) is 0. The molecule has 1 rings (SSSR count). The van der Waals surface area contributed by atoms with E-state index < -0.39 is 0 Å². The van der Waals surface area contributed by atoms with Gasteiger partial charge >= 0.3 is 0 Å². The monoisotopic (exact) mass is 210 g/mol. The Balaban J connectivity index is -0.0000000335. The van der Waals surface area contributed by atoms with E-state index in [0.29, 0.717) is 0 Å². The molecule has 0 aromatic rings.